The number of benzene rings is 2. The first-order valence-electron chi connectivity index (χ1n) is 13.1. The van der Waals surface area contributed by atoms with Gasteiger partial charge in [-0.1, -0.05) is 12.1 Å². The third kappa shape index (κ3) is 6.49. The molecule has 0 saturated carbocycles. The largest absolute Gasteiger partial charge is 0.416 e. The molecule has 1 aromatic heterocycles. The Hall–Kier alpha value is -3.62. The van der Waals surface area contributed by atoms with Gasteiger partial charge in [0.15, 0.2) is 0 Å². The molecule has 2 fully saturated rings. The number of hydrogen-bond donors (Lipinski definition) is 2. The molecule has 2 aliphatic rings. The van der Waals surface area contributed by atoms with Crippen molar-refractivity contribution in [3.63, 3.8) is 0 Å². The van der Waals surface area contributed by atoms with Crippen LogP contribution in [-0.2, 0) is 27.5 Å². The molecule has 0 unspecified atom stereocenters. The maximum absolute atomic E-state index is 13.3. The molecule has 3 aromatic rings. The van der Waals surface area contributed by atoms with E-state index in [0.29, 0.717) is 61.9 Å². The predicted octanol–water partition coefficient (Wildman–Crippen LogP) is 3.18. The van der Waals surface area contributed by atoms with Gasteiger partial charge in [-0.3, -0.25) is 4.79 Å². The van der Waals surface area contributed by atoms with Crippen molar-refractivity contribution >= 4 is 21.9 Å². The lowest BCUT2D eigenvalue weighted by atomic mass is 10.1. The highest BCUT2D eigenvalue weighted by atomic mass is 32.2. The number of anilines is 1. The fourth-order valence-electron chi connectivity index (χ4n) is 4.89. The van der Waals surface area contributed by atoms with Crippen LogP contribution >= 0.6 is 0 Å². The van der Waals surface area contributed by atoms with Crippen molar-refractivity contribution in [2.75, 3.05) is 37.6 Å². The number of amides is 1. The molecule has 218 valence electrons. The number of carbonyl (C=O) groups is 1. The molecule has 1 amide bonds. The van der Waals surface area contributed by atoms with Gasteiger partial charge in [0.05, 0.1) is 28.4 Å². The van der Waals surface area contributed by atoms with E-state index < -0.39 is 39.5 Å². The van der Waals surface area contributed by atoms with Crippen LogP contribution in [0.5, 0.6) is 0 Å². The van der Waals surface area contributed by atoms with Crippen LogP contribution in [0.4, 0.5) is 23.5 Å². The second kappa shape index (κ2) is 11.7. The summed E-state index contributed by atoms with van der Waals surface area (Å²) in [5.41, 5.74) is 0.495. The average Bonchev–Trinajstić information content (AvgIpc) is 3.47. The van der Waals surface area contributed by atoms with Crippen LogP contribution in [0, 0.1) is 5.82 Å². The summed E-state index contributed by atoms with van der Waals surface area (Å²) in [6.45, 7) is 2.77. The fraction of sp³-hybridized carbons (Fsp3) is 0.370. The molecule has 0 spiro atoms. The summed E-state index contributed by atoms with van der Waals surface area (Å²) < 4.78 is 80.0. The van der Waals surface area contributed by atoms with E-state index in [2.05, 4.69) is 20.6 Å². The quantitative estimate of drug-likeness (QED) is 0.406. The first-order valence-corrected chi connectivity index (χ1v) is 14.5. The Balaban J connectivity index is 1.36. The normalized spacial score (nSPS) is 18.4. The van der Waals surface area contributed by atoms with Crippen LogP contribution in [0.15, 0.2) is 59.5 Å². The minimum Gasteiger partial charge on any atom is -0.349 e. The number of nitrogens with one attached hydrogen (secondary N) is 2. The molecule has 0 bridgehead atoms. The Kier molecular flexibility index (Phi) is 8.25. The summed E-state index contributed by atoms with van der Waals surface area (Å²) in [6, 6.07) is 9.73. The van der Waals surface area contributed by atoms with Crippen molar-refractivity contribution < 1.29 is 30.8 Å². The van der Waals surface area contributed by atoms with Crippen LogP contribution in [0.1, 0.15) is 24.1 Å². The Morgan fingerprint density at radius 2 is 1.68 bits per heavy atom. The van der Waals surface area contributed by atoms with E-state index in [1.54, 1.807) is 6.07 Å². The molecule has 2 aliphatic heterocycles. The van der Waals surface area contributed by atoms with E-state index in [-0.39, 0.29) is 18.0 Å². The van der Waals surface area contributed by atoms with Gasteiger partial charge in [0.1, 0.15) is 11.9 Å². The third-order valence-corrected chi connectivity index (χ3v) is 8.97. The SMILES string of the molecule is O=C(NCc1cc(-c2ccc(C(F)(F)F)cc2)nc(N2CCNCC2)n1)[C@@H]1CCCN1S(=O)(=O)c1ccc(F)cc1. The molecule has 1 atom stereocenters. The molecule has 0 aliphatic carbocycles. The van der Waals surface area contributed by atoms with Gasteiger partial charge in [-0.25, -0.2) is 22.8 Å². The molecule has 2 N–H and O–H groups in total. The first kappa shape index (κ1) is 28.9. The summed E-state index contributed by atoms with van der Waals surface area (Å²) in [5, 5.41) is 6.00. The van der Waals surface area contributed by atoms with Gasteiger partial charge in [0.25, 0.3) is 0 Å². The summed E-state index contributed by atoms with van der Waals surface area (Å²) >= 11 is 0. The Labute approximate surface area is 234 Å². The number of halogens is 4. The second-order valence-corrected chi connectivity index (χ2v) is 11.7. The van der Waals surface area contributed by atoms with Gasteiger partial charge in [0, 0.05) is 38.3 Å². The van der Waals surface area contributed by atoms with E-state index in [4.69, 9.17) is 0 Å². The predicted molar refractivity (Wildman–Crippen MR) is 143 cm³/mol. The van der Waals surface area contributed by atoms with Gasteiger partial charge in [-0.2, -0.15) is 17.5 Å². The monoisotopic (exact) mass is 592 g/mol. The van der Waals surface area contributed by atoms with Crippen molar-refractivity contribution in [2.24, 2.45) is 0 Å². The summed E-state index contributed by atoms with van der Waals surface area (Å²) in [6.07, 6.45) is -3.67. The van der Waals surface area contributed by atoms with Gasteiger partial charge in [0.2, 0.25) is 21.9 Å². The number of rotatable bonds is 7. The van der Waals surface area contributed by atoms with Crippen LogP contribution in [0.2, 0.25) is 0 Å². The number of aromatic nitrogens is 2. The van der Waals surface area contributed by atoms with Gasteiger partial charge >= 0.3 is 6.18 Å². The zero-order valence-electron chi connectivity index (χ0n) is 21.9. The highest BCUT2D eigenvalue weighted by molar-refractivity contribution is 7.89. The smallest absolute Gasteiger partial charge is 0.349 e. The lowest BCUT2D eigenvalue weighted by Crippen LogP contribution is -2.46. The van der Waals surface area contributed by atoms with E-state index in [1.165, 1.54) is 24.3 Å². The molecular weight excluding hydrogens is 564 g/mol. The molecule has 2 aromatic carbocycles. The third-order valence-electron chi connectivity index (χ3n) is 7.05. The molecule has 14 heteroatoms. The Morgan fingerprint density at radius 1 is 1.00 bits per heavy atom. The van der Waals surface area contributed by atoms with Crippen molar-refractivity contribution in [2.45, 2.75) is 36.5 Å². The highest BCUT2D eigenvalue weighted by Gasteiger charge is 2.39. The van der Waals surface area contributed by atoms with Crippen LogP contribution < -0.4 is 15.5 Å². The van der Waals surface area contributed by atoms with Crippen molar-refractivity contribution in [1.29, 1.82) is 0 Å². The molecule has 3 heterocycles. The molecule has 9 nitrogen and oxygen atoms in total. The standard InChI is InChI=1S/C27H28F4N6O3S/c28-20-7-9-22(10-8-20)41(39,40)37-13-1-2-24(37)25(38)33-17-21-16-23(18-3-5-19(6-4-18)27(29,30)31)35-26(34-21)36-14-11-32-12-15-36/h3-10,16,24,32H,1-2,11-15,17H2,(H,33,38)/t24-/m0/s1. The minimum absolute atomic E-state index is 0.0466. The Bertz CT molecular complexity index is 1490. The number of hydrogen-bond acceptors (Lipinski definition) is 7. The lowest BCUT2D eigenvalue weighted by Gasteiger charge is -2.28. The van der Waals surface area contributed by atoms with Crippen LogP contribution in [0.25, 0.3) is 11.3 Å². The zero-order valence-corrected chi connectivity index (χ0v) is 22.7. The Morgan fingerprint density at radius 3 is 2.34 bits per heavy atom. The highest BCUT2D eigenvalue weighted by Crippen LogP contribution is 2.31. The van der Waals surface area contributed by atoms with Gasteiger partial charge in [-0.05, 0) is 55.3 Å². The van der Waals surface area contributed by atoms with Crippen LogP contribution in [-0.4, -0.2) is 67.4 Å². The molecule has 41 heavy (non-hydrogen) atoms. The van der Waals surface area contributed by atoms with Crippen molar-refractivity contribution in [3.05, 3.63) is 71.7 Å². The number of sulfonamides is 1. The first-order chi connectivity index (χ1) is 19.5. The molecular formula is C27H28F4N6O3S. The second-order valence-electron chi connectivity index (χ2n) is 9.80. The van der Waals surface area contributed by atoms with Gasteiger partial charge in [-0.15, -0.1) is 0 Å². The number of carbonyl (C=O) groups excluding carboxylic acids is 1. The van der Waals surface area contributed by atoms with Crippen molar-refractivity contribution in [1.82, 2.24) is 24.9 Å². The zero-order chi connectivity index (χ0) is 29.2. The topological polar surface area (TPSA) is 108 Å². The lowest BCUT2D eigenvalue weighted by molar-refractivity contribution is -0.137. The van der Waals surface area contributed by atoms with E-state index >= 15 is 0 Å². The van der Waals surface area contributed by atoms with E-state index in [1.807, 2.05) is 4.90 Å². The summed E-state index contributed by atoms with van der Waals surface area (Å²) in [5.74, 6) is -0.693. The van der Waals surface area contributed by atoms with Gasteiger partial charge < -0.3 is 15.5 Å². The van der Waals surface area contributed by atoms with Crippen molar-refractivity contribution in [3.8, 4) is 11.3 Å². The van der Waals surface area contributed by atoms with E-state index in [9.17, 15) is 30.8 Å². The maximum atomic E-state index is 13.3. The average molecular weight is 593 g/mol. The molecule has 0 radical (unpaired) electrons. The number of alkyl halides is 3. The minimum atomic E-state index is -4.47. The fourth-order valence-corrected chi connectivity index (χ4v) is 6.54. The summed E-state index contributed by atoms with van der Waals surface area (Å²) in [7, 11) is -4.02. The summed E-state index contributed by atoms with van der Waals surface area (Å²) in [4.78, 5) is 24.2. The van der Waals surface area contributed by atoms with E-state index in [0.717, 1.165) is 28.6 Å². The number of nitrogens with zero attached hydrogens (tertiary/aromatic N) is 4. The molecule has 2 saturated heterocycles. The van der Waals surface area contributed by atoms with Crippen LogP contribution in [0.3, 0.4) is 0 Å². The number of piperazine rings is 1. The maximum Gasteiger partial charge on any atom is 0.416 e. The molecule has 5 rings (SSSR count).